The van der Waals surface area contributed by atoms with Crippen LogP contribution in [0.5, 0.6) is 0 Å². The summed E-state index contributed by atoms with van der Waals surface area (Å²) in [5.74, 6) is -0.0278. The average molecular weight is 975 g/mol. The van der Waals surface area contributed by atoms with Crippen molar-refractivity contribution < 1.29 is 24.5 Å². The van der Waals surface area contributed by atoms with Crippen molar-refractivity contribution in [2.24, 2.45) is 0 Å². The second kappa shape index (κ2) is 59.2. The van der Waals surface area contributed by atoms with Crippen LogP contribution in [0.15, 0.2) is 12.2 Å². The van der Waals surface area contributed by atoms with E-state index in [0.717, 1.165) is 38.5 Å². The van der Waals surface area contributed by atoms with E-state index in [1.807, 2.05) is 0 Å². The van der Waals surface area contributed by atoms with E-state index in [1.165, 1.54) is 283 Å². The maximum absolute atomic E-state index is 12.5. The van der Waals surface area contributed by atoms with Crippen molar-refractivity contribution in [3.05, 3.63) is 12.2 Å². The second-order valence-corrected chi connectivity index (χ2v) is 21.7. The molecule has 69 heavy (non-hydrogen) atoms. The maximum atomic E-state index is 12.5. The van der Waals surface area contributed by atoms with Gasteiger partial charge in [-0.25, -0.2) is 0 Å². The molecule has 6 heteroatoms. The van der Waals surface area contributed by atoms with Crippen LogP contribution in [0.2, 0.25) is 0 Å². The fourth-order valence-corrected chi connectivity index (χ4v) is 9.99. The third kappa shape index (κ3) is 55.8. The standard InChI is InChI=1S/C63H123NO5/c1-3-5-7-9-11-13-15-17-18-19-26-29-33-37-41-45-49-53-57-63(68)69-58-54-50-46-42-38-34-30-27-24-22-20-21-23-25-28-32-36-40-44-48-52-56-62(67)64-60(59-65)61(66)55-51-47-43-39-35-31-16-14-12-10-8-6-4-2/h21,23,60-61,65-66H,3-20,22,24-59H2,1-2H3,(H,64,67)/b23-21-. The Balaban J connectivity index is 3.38. The monoisotopic (exact) mass is 974 g/mol. The lowest BCUT2D eigenvalue weighted by Crippen LogP contribution is -2.45. The molecule has 6 nitrogen and oxygen atoms in total. The Bertz CT molecular complexity index is 1030. The van der Waals surface area contributed by atoms with Gasteiger partial charge in [0.05, 0.1) is 25.4 Å². The largest absolute Gasteiger partial charge is 0.466 e. The van der Waals surface area contributed by atoms with Crippen molar-refractivity contribution in [3.8, 4) is 0 Å². The van der Waals surface area contributed by atoms with Crippen LogP contribution in [0.3, 0.4) is 0 Å². The molecule has 1 amide bonds. The molecule has 0 aliphatic heterocycles. The van der Waals surface area contributed by atoms with E-state index in [2.05, 4.69) is 31.3 Å². The van der Waals surface area contributed by atoms with Crippen molar-refractivity contribution >= 4 is 11.9 Å². The number of aliphatic hydroxyl groups is 2. The second-order valence-electron chi connectivity index (χ2n) is 21.7. The lowest BCUT2D eigenvalue weighted by atomic mass is 10.0. The summed E-state index contributed by atoms with van der Waals surface area (Å²) in [5.41, 5.74) is 0. The SMILES string of the molecule is CCCCCCCCCCCCCCCCCCCCC(=O)OCCCCCCCCCCCC/C=C\CCCCCCCCCC(=O)NC(CO)C(O)CCCCCCCCCCCCCCC. The van der Waals surface area contributed by atoms with Gasteiger partial charge in [0.25, 0.3) is 0 Å². The van der Waals surface area contributed by atoms with Crippen molar-refractivity contribution in [2.45, 2.75) is 366 Å². The van der Waals surface area contributed by atoms with Crippen molar-refractivity contribution in [2.75, 3.05) is 13.2 Å². The van der Waals surface area contributed by atoms with Gasteiger partial charge in [0, 0.05) is 12.8 Å². The van der Waals surface area contributed by atoms with Gasteiger partial charge in [-0.2, -0.15) is 0 Å². The molecule has 0 aliphatic carbocycles. The average Bonchev–Trinajstić information content (AvgIpc) is 3.35. The van der Waals surface area contributed by atoms with Crippen LogP contribution < -0.4 is 5.32 Å². The Kier molecular flexibility index (Phi) is 58.0. The van der Waals surface area contributed by atoms with Crippen LogP contribution in [0.25, 0.3) is 0 Å². The summed E-state index contributed by atoms with van der Waals surface area (Å²) >= 11 is 0. The van der Waals surface area contributed by atoms with E-state index in [0.29, 0.717) is 25.9 Å². The molecule has 0 fully saturated rings. The molecular formula is C63H123NO5. The quantitative estimate of drug-likeness (QED) is 0.0321. The van der Waals surface area contributed by atoms with Gasteiger partial charge in [0.2, 0.25) is 5.91 Å². The number of hydrogen-bond acceptors (Lipinski definition) is 5. The number of carbonyl (C=O) groups is 2. The number of unbranched alkanes of at least 4 members (excludes halogenated alkanes) is 46. The minimum Gasteiger partial charge on any atom is -0.466 e. The first-order valence-electron chi connectivity index (χ1n) is 31.4. The zero-order chi connectivity index (χ0) is 50.0. The highest BCUT2D eigenvalue weighted by atomic mass is 16.5. The van der Waals surface area contributed by atoms with Gasteiger partial charge in [0.15, 0.2) is 0 Å². The molecule has 3 N–H and O–H groups in total. The molecule has 2 atom stereocenters. The van der Waals surface area contributed by atoms with E-state index in [4.69, 9.17) is 4.74 Å². The topological polar surface area (TPSA) is 95.9 Å². The van der Waals surface area contributed by atoms with E-state index in [9.17, 15) is 19.8 Å². The molecule has 0 aromatic heterocycles. The van der Waals surface area contributed by atoms with Gasteiger partial charge in [-0.3, -0.25) is 9.59 Å². The zero-order valence-electron chi connectivity index (χ0n) is 46.8. The minimum absolute atomic E-state index is 0.0133. The van der Waals surface area contributed by atoms with E-state index in [1.54, 1.807) is 0 Å². The number of hydrogen-bond donors (Lipinski definition) is 3. The minimum atomic E-state index is -0.668. The van der Waals surface area contributed by atoms with Gasteiger partial charge in [-0.1, -0.05) is 302 Å². The molecular weight excluding hydrogens is 851 g/mol. The highest BCUT2D eigenvalue weighted by Gasteiger charge is 2.20. The number of aliphatic hydroxyl groups excluding tert-OH is 2. The predicted octanol–water partition coefficient (Wildman–Crippen LogP) is 19.6. The Morgan fingerprint density at radius 3 is 1.03 bits per heavy atom. The molecule has 0 rings (SSSR count). The normalized spacial score (nSPS) is 12.6. The van der Waals surface area contributed by atoms with Crippen LogP contribution in [0, 0.1) is 0 Å². The summed E-state index contributed by atoms with van der Waals surface area (Å²) in [4.78, 5) is 24.6. The highest BCUT2D eigenvalue weighted by Crippen LogP contribution is 2.18. The summed E-state index contributed by atoms with van der Waals surface area (Å²) < 4.78 is 5.50. The first-order chi connectivity index (χ1) is 34.0. The summed E-state index contributed by atoms with van der Waals surface area (Å²) in [6.45, 7) is 4.97. The third-order valence-electron chi connectivity index (χ3n) is 14.8. The lowest BCUT2D eigenvalue weighted by molar-refractivity contribution is -0.143. The number of ether oxygens (including phenoxy) is 1. The summed E-state index contributed by atoms with van der Waals surface area (Å²) in [6, 6.07) is -0.546. The molecule has 2 unspecified atom stereocenters. The van der Waals surface area contributed by atoms with E-state index in [-0.39, 0.29) is 18.5 Å². The molecule has 0 saturated carbocycles. The first kappa shape index (κ1) is 67.6. The Labute approximate surface area is 431 Å². The molecule has 0 bridgehead atoms. The smallest absolute Gasteiger partial charge is 0.305 e. The fourth-order valence-electron chi connectivity index (χ4n) is 9.99. The first-order valence-corrected chi connectivity index (χ1v) is 31.4. The van der Waals surface area contributed by atoms with Crippen LogP contribution in [0.1, 0.15) is 354 Å². The molecule has 0 aromatic carbocycles. The fraction of sp³-hybridized carbons (Fsp3) is 0.937. The van der Waals surface area contributed by atoms with Gasteiger partial charge < -0.3 is 20.3 Å². The number of carbonyl (C=O) groups excluding carboxylic acids is 2. The summed E-state index contributed by atoms with van der Waals surface area (Å²) in [6.07, 6.45) is 70.8. The van der Waals surface area contributed by atoms with Crippen molar-refractivity contribution in [3.63, 3.8) is 0 Å². The number of nitrogens with one attached hydrogen (secondary N) is 1. The highest BCUT2D eigenvalue weighted by molar-refractivity contribution is 5.76. The third-order valence-corrected chi connectivity index (χ3v) is 14.8. The zero-order valence-corrected chi connectivity index (χ0v) is 46.8. The molecule has 0 saturated heterocycles. The van der Waals surface area contributed by atoms with Crippen molar-refractivity contribution in [1.82, 2.24) is 5.32 Å². The molecule has 0 aromatic rings. The van der Waals surface area contributed by atoms with E-state index < -0.39 is 12.1 Å². The number of rotatable bonds is 59. The number of allylic oxidation sites excluding steroid dienone is 2. The van der Waals surface area contributed by atoms with Crippen LogP contribution in [0.4, 0.5) is 0 Å². The van der Waals surface area contributed by atoms with Gasteiger partial charge in [-0.15, -0.1) is 0 Å². The van der Waals surface area contributed by atoms with Gasteiger partial charge in [-0.05, 0) is 51.4 Å². The van der Waals surface area contributed by atoms with Gasteiger partial charge >= 0.3 is 5.97 Å². The van der Waals surface area contributed by atoms with Crippen molar-refractivity contribution in [1.29, 1.82) is 0 Å². The van der Waals surface area contributed by atoms with Crippen LogP contribution in [-0.2, 0) is 14.3 Å². The Hall–Kier alpha value is -1.40. The Morgan fingerprint density at radius 1 is 0.391 bits per heavy atom. The van der Waals surface area contributed by atoms with Crippen LogP contribution >= 0.6 is 0 Å². The summed E-state index contributed by atoms with van der Waals surface area (Å²) in [7, 11) is 0. The molecule has 0 radical (unpaired) electrons. The van der Waals surface area contributed by atoms with Crippen LogP contribution in [-0.4, -0.2) is 47.4 Å². The molecule has 0 aliphatic rings. The maximum Gasteiger partial charge on any atom is 0.305 e. The van der Waals surface area contributed by atoms with E-state index >= 15 is 0 Å². The number of amides is 1. The predicted molar refractivity (Wildman–Crippen MR) is 301 cm³/mol. The molecule has 0 spiro atoms. The molecule has 410 valence electrons. The van der Waals surface area contributed by atoms with Gasteiger partial charge in [0.1, 0.15) is 0 Å². The number of esters is 1. The lowest BCUT2D eigenvalue weighted by Gasteiger charge is -2.22. The summed E-state index contributed by atoms with van der Waals surface area (Å²) in [5, 5.41) is 23.2. The molecule has 0 heterocycles. The Morgan fingerprint density at radius 2 is 0.681 bits per heavy atom.